The third kappa shape index (κ3) is 2.99. The molecule has 0 aliphatic rings. The quantitative estimate of drug-likeness (QED) is 0.560. The van der Waals surface area contributed by atoms with E-state index >= 15 is 0 Å². The largest absolute Gasteiger partial charge is 0.305 e. The van der Waals surface area contributed by atoms with Crippen molar-refractivity contribution in [2.45, 2.75) is 26.8 Å². The summed E-state index contributed by atoms with van der Waals surface area (Å²) in [6, 6.07) is 0.444. The molecule has 0 aromatic heterocycles. The van der Waals surface area contributed by atoms with Crippen LogP contribution in [0.4, 0.5) is 0 Å². The predicted molar refractivity (Wildman–Crippen MR) is 34.4 cm³/mol. The van der Waals surface area contributed by atoms with E-state index < -0.39 is 0 Å². The van der Waals surface area contributed by atoms with Crippen LogP contribution in [0.3, 0.4) is 0 Å². The summed E-state index contributed by atoms with van der Waals surface area (Å²) in [4.78, 5) is 4.71. The Morgan fingerprint density at radius 2 is 1.75 bits per heavy atom. The minimum Gasteiger partial charge on any atom is -0.305 e. The van der Waals surface area contributed by atoms with Gasteiger partial charge in [-0.15, -0.1) is 0 Å². The van der Waals surface area contributed by atoms with E-state index in [-0.39, 0.29) is 0 Å². The van der Waals surface area contributed by atoms with Gasteiger partial charge in [0, 0.05) is 6.04 Å². The highest BCUT2D eigenvalue weighted by Gasteiger charge is 2.03. The van der Waals surface area contributed by atoms with Gasteiger partial charge < -0.3 is 4.84 Å². The van der Waals surface area contributed by atoms with Gasteiger partial charge in [-0.05, 0) is 12.8 Å². The first-order valence-electron chi connectivity index (χ1n) is 2.97. The Morgan fingerprint density at radius 3 is 1.88 bits per heavy atom. The van der Waals surface area contributed by atoms with E-state index in [1.54, 1.807) is 7.11 Å². The van der Waals surface area contributed by atoms with E-state index in [0.29, 0.717) is 12.0 Å². The van der Waals surface area contributed by atoms with Crippen LogP contribution in [0.25, 0.3) is 0 Å². The second kappa shape index (κ2) is 3.87. The van der Waals surface area contributed by atoms with Crippen LogP contribution in [0.15, 0.2) is 0 Å². The first kappa shape index (κ1) is 7.92. The number of nitrogens with one attached hydrogen (secondary N) is 1. The summed E-state index contributed by atoms with van der Waals surface area (Å²) < 4.78 is 0. The van der Waals surface area contributed by atoms with Gasteiger partial charge in [0.25, 0.3) is 0 Å². The summed E-state index contributed by atoms with van der Waals surface area (Å²) in [5.74, 6) is 0.634. The van der Waals surface area contributed by atoms with Crippen molar-refractivity contribution < 1.29 is 4.84 Å². The molecule has 1 N–H and O–H groups in total. The summed E-state index contributed by atoms with van der Waals surface area (Å²) >= 11 is 0. The smallest absolute Gasteiger partial charge is 0.0572 e. The van der Waals surface area contributed by atoms with Gasteiger partial charge >= 0.3 is 0 Å². The second-order valence-corrected chi connectivity index (χ2v) is 2.35. The predicted octanol–water partition coefficient (Wildman–Crippen LogP) is 1.18. The average molecular weight is 117 g/mol. The summed E-state index contributed by atoms with van der Waals surface area (Å²) in [5, 5.41) is 0. The molecule has 0 aromatic rings. The molecule has 0 aromatic carbocycles. The number of rotatable bonds is 3. The standard InChI is InChI=1S/C6H15NO/c1-5(2)6(3)7-8-4/h5-7H,1-4H3. The highest BCUT2D eigenvalue weighted by Crippen LogP contribution is 1.97. The van der Waals surface area contributed by atoms with E-state index in [1.165, 1.54) is 0 Å². The van der Waals surface area contributed by atoms with Crippen LogP contribution < -0.4 is 5.48 Å². The van der Waals surface area contributed by atoms with E-state index in [1.807, 2.05) is 0 Å². The Morgan fingerprint density at radius 1 is 1.25 bits per heavy atom. The zero-order valence-electron chi connectivity index (χ0n) is 6.06. The summed E-state index contributed by atoms with van der Waals surface area (Å²) in [6.07, 6.45) is 0. The normalized spacial score (nSPS) is 14.6. The zero-order chi connectivity index (χ0) is 6.57. The molecule has 0 amide bonds. The molecule has 0 saturated carbocycles. The van der Waals surface area contributed by atoms with Gasteiger partial charge in [-0.25, -0.2) is 0 Å². The van der Waals surface area contributed by atoms with Gasteiger partial charge in [-0.3, -0.25) is 0 Å². The minimum absolute atomic E-state index is 0.444. The van der Waals surface area contributed by atoms with Gasteiger partial charge in [0.2, 0.25) is 0 Å². The van der Waals surface area contributed by atoms with E-state index in [4.69, 9.17) is 4.84 Å². The van der Waals surface area contributed by atoms with Gasteiger partial charge in [0.05, 0.1) is 7.11 Å². The van der Waals surface area contributed by atoms with E-state index in [2.05, 4.69) is 26.3 Å². The monoisotopic (exact) mass is 117 g/mol. The summed E-state index contributed by atoms with van der Waals surface area (Å²) in [6.45, 7) is 6.39. The van der Waals surface area contributed by atoms with Crippen molar-refractivity contribution in [2.75, 3.05) is 7.11 Å². The molecule has 0 saturated heterocycles. The van der Waals surface area contributed by atoms with Crippen LogP contribution in [0.1, 0.15) is 20.8 Å². The van der Waals surface area contributed by atoms with Crippen molar-refractivity contribution in [1.82, 2.24) is 5.48 Å². The Balaban J connectivity index is 3.17. The Hall–Kier alpha value is -0.0800. The van der Waals surface area contributed by atoms with Gasteiger partial charge in [-0.1, -0.05) is 13.8 Å². The molecule has 0 aliphatic heterocycles. The molecular formula is C6H15NO. The topological polar surface area (TPSA) is 21.3 Å². The van der Waals surface area contributed by atoms with Crippen LogP contribution >= 0.6 is 0 Å². The molecule has 2 nitrogen and oxygen atoms in total. The molecule has 1 atom stereocenters. The lowest BCUT2D eigenvalue weighted by atomic mass is 10.1. The number of hydrogen-bond donors (Lipinski definition) is 1. The number of hydrogen-bond acceptors (Lipinski definition) is 2. The fourth-order valence-corrected chi connectivity index (χ4v) is 0.322. The fraction of sp³-hybridized carbons (Fsp3) is 1.00. The maximum atomic E-state index is 4.71. The molecule has 0 spiro atoms. The van der Waals surface area contributed by atoms with Crippen molar-refractivity contribution in [3.63, 3.8) is 0 Å². The third-order valence-electron chi connectivity index (χ3n) is 1.30. The molecule has 0 fully saturated rings. The molecular weight excluding hydrogens is 102 g/mol. The third-order valence-corrected chi connectivity index (χ3v) is 1.30. The van der Waals surface area contributed by atoms with Gasteiger partial charge in [0.1, 0.15) is 0 Å². The van der Waals surface area contributed by atoms with E-state index in [0.717, 1.165) is 0 Å². The molecule has 0 bridgehead atoms. The average Bonchev–Trinajstić information content (AvgIpc) is 1.67. The Kier molecular flexibility index (Phi) is 3.83. The van der Waals surface area contributed by atoms with Gasteiger partial charge in [-0.2, -0.15) is 5.48 Å². The first-order chi connectivity index (χ1) is 3.68. The van der Waals surface area contributed by atoms with Crippen molar-refractivity contribution >= 4 is 0 Å². The van der Waals surface area contributed by atoms with Crippen molar-refractivity contribution in [3.8, 4) is 0 Å². The van der Waals surface area contributed by atoms with E-state index in [9.17, 15) is 0 Å². The molecule has 2 heteroatoms. The summed E-state index contributed by atoms with van der Waals surface area (Å²) in [5.41, 5.74) is 2.84. The molecule has 8 heavy (non-hydrogen) atoms. The fourth-order valence-electron chi connectivity index (χ4n) is 0.322. The molecule has 1 unspecified atom stereocenters. The Labute approximate surface area is 51.2 Å². The minimum atomic E-state index is 0.444. The molecule has 0 aliphatic carbocycles. The van der Waals surface area contributed by atoms with Crippen LogP contribution in [0, 0.1) is 5.92 Å². The van der Waals surface area contributed by atoms with Crippen LogP contribution in [-0.2, 0) is 4.84 Å². The van der Waals surface area contributed by atoms with Crippen molar-refractivity contribution in [1.29, 1.82) is 0 Å². The highest BCUT2D eigenvalue weighted by atomic mass is 16.6. The van der Waals surface area contributed by atoms with Crippen LogP contribution in [0.2, 0.25) is 0 Å². The Bertz CT molecular complexity index is 54.5. The second-order valence-electron chi connectivity index (χ2n) is 2.35. The lowest BCUT2D eigenvalue weighted by Gasteiger charge is -2.14. The highest BCUT2D eigenvalue weighted by molar-refractivity contribution is 4.57. The van der Waals surface area contributed by atoms with Crippen molar-refractivity contribution in [2.24, 2.45) is 5.92 Å². The zero-order valence-corrected chi connectivity index (χ0v) is 6.06. The molecule has 0 radical (unpaired) electrons. The SMILES string of the molecule is CONC(C)C(C)C. The van der Waals surface area contributed by atoms with Crippen LogP contribution in [0.5, 0.6) is 0 Å². The lowest BCUT2D eigenvalue weighted by molar-refractivity contribution is 0.0525. The number of hydroxylamine groups is 1. The first-order valence-corrected chi connectivity index (χ1v) is 2.97. The molecule has 0 heterocycles. The lowest BCUT2D eigenvalue weighted by Crippen LogP contribution is -2.29. The maximum Gasteiger partial charge on any atom is 0.0572 e. The van der Waals surface area contributed by atoms with Crippen molar-refractivity contribution in [3.05, 3.63) is 0 Å². The molecule has 50 valence electrons. The molecule has 0 rings (SSSR count). The summed E-state index contributed by atoms with van der Waals surface area (Å²) in [7, 11) is 1.64. The van der Waals surface area contributed by atoms with Gasteiger partial charge in [0.15, 0.2) is 0 Å². The van der Waals surface area contributed by atoms with Crippen LogP contribution in [-0.4, -0.2) is 13.2 Å². The maximum absolute atomic E-state index is 4.71.